The summed E-state index contributed by atoms with van der Waals surface area (Å²) < 4.78 is 0. The van der Waals surface area contributed by atoms with Gasteiger partial charge in [0.25, 0.3) is 0 Å². The summed E-state index contributed by atoms with van der Waals surface area (Å²) in [6, 6.07) is 0. The van der Waals surface area contributed by atoms with Crippen LogP contribution in [0.3, 0.4) is 0 Å². The summed E-state index contributed by atoms with van der Waals surface area (Å²) in [6.45, 7) is 3.90. The van der Waals surface area contributed by atoms with E-state index in [1.165, 1.54) is 0 Å². The molecule has 1 N–H and O–H groups in total. The van der Waals surface area contributed by atoms with Gasteiger partial charge in [-0.15, -0.1) is 0 Å². The van der Waals surface area contributed by atoms with Gasteiger partial charge in [0.05, 0.1) is 0 Å². The molecule has 0 amide bonds. The Hall–Kier alpha value is -0.370. The Morgan fingerprint density at radius 2 is 2.00 bits per heavy atom. The molecule has 2 nitrogen and oxygen atoms in total. The second kappa shape index (κ2) is 5.42. The highest BCUT2D eigenvalue weighted by Crippen LogP contribution is 2.01. The SMILES string of the molecule is CCCC(=O)C(O)CCC. The molecule has 0 aromatic carbocycles. The average molecular weight is 144 g/mol. The molecule has 0 heterocycles. The van der Waals surface area contributed by atoms with Crippen LogP contribution in [0.1, 0.15) is 39.5 Å². The number of carbonyl (C=O) groups excluding carboxylic acids is 1. The summed E-state index contributed by atoms with van der Waals surface area (Å²) >= 11 is 0. The van der Waals surface area contributed by atoms with Gasteiger partial charge in [0.15, 0.2) is 5.78 Å². The third-order valence-corrected chi connectivity index (χ3v) is 1.43. The van der Waals surface area contributed by atoms with E-state index in [2.05, 4.69) is 0 Å². The van der Waals surface area contributed by atoms with Crippen molar-refractivity contribution < 1.29 is 9.90 Å². The zero-order chi connectivity index (χ0) is 7.98. The normalized spacial score (nSPS) is 13.1. The molecular formula is C8H16O2. The second-order valence-electron chi connectivity index (χ2n) is 2.52. The Bertz CT molecular complexity index is 99.4. The molecule has 1 atom stereocenters. The lowest BCUT2D eigenvalue weighted by Crippen LogP contribution is -2.19. The van der Waals surface area contributed by atoms with E-state index in [1.807, 2.05) is 13.8 Å². The lowest BCUT2D eigenvalue weighted by molar-refractivity contribution is -0.127. The maximum Gasteiger partial charge on any atom is 0.161 e. The van der Waals surface area contributed by atoms with Crippen molar-refractivity contribution >= 4 is 5.78 Å². The summed E-state index contributed by atoms with van der Waals surface area (Å²) in [5.74, 6) is -0.00986. The number of carbonyl (C=O) groups is 1. The molecule has 1 unspecified atom stereocenters. The monoisotopic (exact) mass is 144 g/mol. The van der Waals surface area contributed by atoms with Crippen LogP contribution in [0.15, 0.2) is 0 Å². The van der Waals surface area contributed by atoms with Gasteiger partial charge in [0.2, 0.25) is 0 Å². The summed E-state index contributed by atoms with van der Waals surface area (Å²) in [5, 5.41) is 9.10. The molecule has 0 spiro atoms. The van der Waals surface area contributed by atoms with Crippen LogP contribution in [0.5, 0.6) is 0 Å². The van der Waals surface area contributed by atoms with Crippen molar-refractivity contribution in [1.82, 2.24) is 0 Å². The Labute approximate surface area is 62.2 Å². The van der Waals surface area contributed by atoms with Crippen LogP contribution in [0, 0.1) is 0 Å². The number of Topliss-reactive ketones (excluding diaryl/α,β-unsaturated/α-hetero) is 1. The zero-order valence-corrected chi connectivity index (χ0v) is 6.76. The Morgan fingerprint density at radius 3 is 2.40 bits per heavy atom. The van der Waals surface area contributed by atoms with Crippen LogP contribution in [0.25, 0.3) is 0 Å². The molecule has 60 valence electrons. The van der Waals surface area contributed by atoms with E-state index >= 15 is 0 Å². The summed E-state index contributed by atoms with van der Waals surface area (Å²) in [7, 11) is 0. The molecule has 0 aromatic rings. The van der Waals surface area contributed by atoms with Crippen molar-refractivity contribution in [3.05, 3.63) is 0 Å². The number of aliphatic hydroxyl groups is 1. The number of hydrogen-bond acceptors (Lipinski definition) is 2. The van der Waals surface area contributed by atoms with E-state index in [0.29, 0.717) is 12.8 Å². The van der Waals surface area contributed by atoms with Crippen LogP contribution < -0.4 is 0 Å². The first-order valence-corrected chi connectivity index (χ1v) is 3.93. The third-order valence-electron chi connectivity index (χ3n) is 1.43. The molecule has 0 aliphatic carbocycles. The van der Waals surface area contributed by atoms with Crippen molar-refractivity contribution in [3.8, 4) is 0 Å². The average Bonchev–Trinajstić information content (AvgIpc) is 1.89. The predicted octanol–water partition coefficient (Wildman–Crippen LogP) is 1.52. The Morgan fingerprint density at radius 1 is 1.40 bits per heavy atom. The van der Waals surface area contributed by atoms with E-state index < -0.39 is 6.10 Å². The van der Waals surface area contributed by atoms with Crippen molar-refractivity contribution in [2.24, 2.45) is 0 Å². The molecule has 0 radical (unpaired) electrons. The van der Waals surface area contributed by atoms with Gasteiger partial charge in [0.1, 0.15) is 6.10 Å². The van der Waals surface area contributed by atoms with Gasteiger partial charge in [-0.05, 0) is 12.8 Å². The first-order valence-electron chi connectivity index (χ1n) is 3.93. The van der Waals surface area contributed by atoms with Crippen molar-refractivity contribution in [2.45, 2.75) is 45.6 Å². The lowest BCUT2D eigenvalue weighted by atomic mass is 10.1. The van der Waals surface area contributed by atoms with Crippen LogP contribution in [-0.4, -0.2) is 17.0 Å². The zero-order valence-electron chi connectivity index (χ0n) is 6.76. The molecular weight excluding hydrogens is 128 g/mol. The molecule has 0 fully saturated rings. The number of ketones is 1. The van der Waals surface area contributed by atoms with Crippen molar-refractivity contribution in [3.63, 3.8) is 0 Å². The van der Waals surface area contributed by atoms with E-state index in [9.17, 15) is 4.79 Å². The Balaban J connectivity index is 3.49. The summed E-state index contributed by atoms with van der Waals surface area (Å²) in [4.78, 5) is 10.9. The molecule has 0 aliphatic heterocycles. The van der Waals surface area contributed by atoms with Gasteiger partial charge in [-0.3, -0.25) is 4.79 Å². The quantitative estimate of drug-likeness (QED) is 0.635. The fraction of sp³-hybridized carbons (Fsp3) is 0.875. The van der Waals surface area contributed by atoms with E-state index in [4.69, 9.17) is 5.11 Å². The first-order chi connectivity index (χ1) is 4.72. The lowest BCUT2D eigenvalue weighted by Gasteiger charge is -2.05. The fourth-order valence-electron chi connectivity index (χ4n) is 0.847. The van der Waals surface area contributed by atoms with Crippen molar-refractivity contribution in [2.75, 3.05) is 0 Å². The highest BCUT2D eigenvalue weighted by molar-refractivity contribution is 5.82. The molecule has 0 bridgehead atoms. The number of hydrogen-bond donors (Lipinski definition) is 1. The van der Waals surface area contributed by atoms with Gasteiger partial charge in [0, 0.05) is 6.42 Å². The topological polar surface area (TPSA) is 37.3 Å². The minimum absolute atomic E-state index is 0.00986. The van der Waals surface area contributed by atoms with Gasteiger partial charge < -0.3 is 5.11 Å². The van der Waals surface area contributed by atoms with Gasteiger partial charge in [-0.2, -0.15) is 0 Å². The van der Waals surface area contributed by atoms with E-state index in [1.54, 1.807) is 0 Å². The highest BCUT2D eigenvalue weighted by Gasteiger charge is 2.11. The second-order valence-corrected chi connectivity index (χ2v) is 2.52. The number of rotatable bonds is 5. The van der Waals surface area contributed by atoms with Gasteiger partial charge in [-0.1, -0.05) is 20.3 Å². The van der Waals surface area contributed by atoms with E-state index in [0.717, 1.165) is 12.8 Å². The predicted molar refractivity (Wildman–Crippen MR) is 40.8 cm³/mol. The standard InChI is InChI=1S/C8H16O2/c1-3-5-7(9)8(10)6-4-2/h7,9H,3-6H2,1-2H3. The van der Waals surface area contributed by atoms with Gasteiger partial charge in [-0.25, -0.2) is 0 Å². The molecule has 10 heavy (non-hydrogen) atoms. The first kappa shape index (κ1) is 9.63. The molecule has 0 aromatic heterocycles. The minimum Gasteiger partial charge on any atom is -0.385 e. The smallest absolute Gasteiger partial charge is 0.161 e. The van der Waals surface area contributed by atoms with Gasteiger partial charge >= 0.3 is 0 Å². The largest absolute Gasteiger partial charge is 0.385 e. The molecule has 0 rings (SSSR count). The summed E-state index contributed by atoms with van der Waals surface area (Å²) in [5.41, 5.74) is 0. The molecule has 0 saturated carbocycles. The van der Waals surface area contributed by atoms with E-state index in [-0.39, 0.29) is 5.78 Å². The third kappa shape index (κ3) is 3.62. The van der Waals surface area contributed by atoms with Crippen molar-refractivity contribution in [1.29, 1.82) is 0 Å². The maximum atomic E-state index is 10.9. The summed E-state index contributed by atoms with van der Waals surface area (Å²) in [6.07, 6.45) is 2.13. The van der Waals surface area contributed by atoms with Crippen LogP contribution in [0.4, 0.5) is 0 Å². The maximum absolute atomic E-state index is 10.9. The minimum atomic E-state index is -0.704. The van der Waals surface area contributed by atoms with Crippen LogP contribution >= 0.6 is 0 Å². The van der Waals surface area contributed by atoms with Crippen LogP contribution in [0.2, 0.25) is 0 Å². The molecule has 0 aliphatic rings. The highest BCUT2D eigenvalue weighted by atomic mass is 16.3. The number of aliphatic hydroxyl groups excluding tert-OH is 1. The Kier molecular flexibility index (Phi) is 5.22. The van der Waals surface area contributed by atoms with Crippen LogP contribution in [-0.2, 0) is 4.79 Å². The fourth-order valence-corrected chi connectivity index (χ4v) is 0.847. The molecule has 2 heteroatoms. The molecule has 0 saturated heterocycles.